The van der Waals surface area contributed by atoms with Gasteiger partial charge in [-0.1, -0.05) is 0 Å². The van der Waals surface area contributed by atoms with Crippen LogP contribution < -0.4 is 5.43 Å². The molecule has 9 heteroatoms. The number of halogens is 1. The van der Waals surface area contributed by atoms with Crippen LogP contribution in [0.3, 0.4) is 0 Å². The zero-order valence-electron chi connectivity index (χ0n) is 15.3. The SMILES string of the molecule is COCCN1C(=O)c2oc3ccc(F)cc3c(=O)c2[C@@H]1c1ccc([N+](=O)[O-])cc1. The maximum absolute atomic E-state index is 13.7. The highest BCUT2D eigenvalue weighted by atomic mass is 19.1. The number of hydrogen-bond acceptors (Lipinski definition) is 6. The summed E-state index contributed by atoms with van der Waals surface area (Å²) in [5, 5.41) is 11.0. The zero-order chi connectivity index (χ0) is 20.7. The Morgan fingerprint density at radius 3 is 2.59 bits per heavy atom. The highest BCUT2D eigenvalue weighted by Crippen LogP contribution is 2.38. The molecule has 0 spiro atoms. The normalized spacial score (nSPS) is 15.7. The van der Waals surface area contributed by atoms with Gasteiger partial charge in [0.15, 0.2) is 5.43 Å². The second-order valence-corrected chi connectivity index (χ2v) is 6.56. The first-order valence-corrected chi connectivity index (χ1v) is 8.73. The summed E-state index contributed by atoms with van der Waals surface area (Å²) in [6.07, 6.45) is 0. The molecule has 148 valence electrons. The molecule has 1 aliphatic heterocycles. The third-order valence-corrected chi connectivity index (χ3v) is 4.88. The van der Waals surface area contributed by atoms with Crippen molar-refractivity contribution in [3.05, 3.63) is 85.5 Å². The Bertz CT molecular complexity index is 1190. The van der Waals surface area contributed by atoms with Crippen LogP contribution in [0.15, 0.2) is 51.7 Å². The number of nitrogens with zero attached hydrogens (tertiary/aromatic N) is 2. The fraction of sp³-hybridized carbons (Fsp3) is 0.200. The van der Waals surface area contributed by atoms with E-state index in [9.17, 15) is 24.1 Å². The van der Waals surface area contributed by atoms with Crippen molar-refractivity contribution in [2.45, 2.75) is 6.04 Å². The number of rotatable bonds is 5. The van der Waals surface area contributed by atoms with Crippen molar-refractivity contribution in [2.75, 3.05) is 20.3 Å². The lowest BCUT2D eigenvalue weighted by Crippen LogP contribution is -2.32. The van der Waals surface area contributed by atoms with Crippen LogP contribution in [0, 0.1) is 15.9 Å². The van der Waals surface area contributed by atoms with Crippen molar-refractivity contribution >= 4 is 22.6 Å². The molecule has 1 aliphatic rings. The van der Waals surface area contributed by atoms with E-state index in [1.165, 1.54) is 42.3 Å². The van der Waals surface area contributed by atoms with Gasteiger partial charge < -0.3 is 14.1 Å². The number of carbonyl (C=O) groups is 1. The van der Waals surface area contributed by atoms with E-state index in [1.54, 1.807) is 0 Å². The number of non-ortho nitro benzene ring substituents is 1. The van der Waals surface area contributed by atoms with E-state index in [0.717, 1.165) is 12.1 Å². The number of fused-ring (bicyclic) bond motifs is 2. The second kappa shape index (κ2) is 7.10. The van der Waals surface area contributed by atoms with Crippen molar-refractivity contribution in [1.29, 1.82) is 0 Å². The van der Waals surface area contributed by atoms with Crippen molar-refractivity contribution in [3.8, 4) is 0 Å². The van der Waals surface area contributed by atoms with Gasteiger partial charge in [0.05, 0.1) is 28.5 Å². The molecule has 0 fully saturated rings. The molecular formula is C20H15FN2O6. The molecule has 0 N–H and O–H groups in total. The van der Waals surface area contributed by atoms with Crippen molar-refractivity contribution in [2.24, 2.45) is 0 Å². The smallest absolute Gasteiger partial charge is 0.290 e. The predicted octanol–water partition coefficient (Wildman–Crippen LogP) is 3.03. The number of amides is 1. The number of ether oxygens (including phenoxy) is 1. The average Bonchev–Trinajstić information content (AvgIpc) is 2.99. The van der Waals surface area contributed by atoms with Crippen molar-refractivity contribution < 1.29 is 23.3 Å². The number of carbonyl (C=O) groups excluding carboxylic acids is 1. The van der Waals surface area contributed by atoms with Crippen LogP contribution in [0.4, 0.5) is 10.1 Å². The molecule has 0 bridgehead atoms. The lowest BCUT2D eigenvalue weighted by Gasteiger charge is -2.24. The summed E-state index contributed by atoms with van der Waals surface area (Å²) < 4.78 is 24.4. The number of nitro groups is 1. The number of nitro benzene ring substituents is 1. The summed E-state index contributed by atoms with van der Waals surface area (Å²) in [4.78, 5) is 38.0. The van der Waals surface area contributed by atoms with Crippen LogP contribution in [0.1, 0.15) is 27.7 Å². The zero-order valence-corrected chi connectivity index (χ0v) is 15.3. The molecule has 1 atom stereocenters. The lowest BCUT2D eigenvalue weighted by molar-refractivity contribution is -0.384. The van der Waals surface area contributed by atoms with Crippen LogP contribution in [-0.2, 0) is 4.74 Å². The molecule has 1 amide bonds. The number of hydrogen-bond donors (Lipinski definition) is 0. The third-order valence-electron chi connectivity index (χ3n) is 4.88. The van der Waals surface area contributed by atoms with E-state index < -0.39 is 28.1 Å². The highest BCUT2D eigenvalue weighted by molar-refractivity contribution is 5.99. The van der Waals surface area contributed by atoms with Crippen LogP contribution in [0.2, 0.25) is 0 Å². The van der Waals surface area contributed by atoms with E-state index in [4.69, 9.17) is 9.15 Å². The summed E-state index contributed by atoms with van der Waals surface area (Å²) in [5.74, 6) is -1.21. The van der Waals surface area contributed by atoms with Crippen molar-refractivity contribution in [3.63, 3.8) is 0 Å². The minimum absolute atomic E-state index is 0.0250. The lowest BCUT2D eigenvalue weighted by atomic mass is 9.98. The molecule has 2 aromatic carbocycles. The number of benzene rings is 2. The van der Waals surface area contributed by atoms with Gasteiger partial charge in [-0.05, 0) is 35.9 Å². The fourth-order valence-corrected chi connectivity index (χ4v) is 3.54. The van der Waals surface area contributed by atoms with Gasteiger partial charge in [-0.2, -0.15) is 0 Å². The minimum atomic E-state index is -0.822. The predicted molar refractivity (Wildman–Crippen MR) is 100 cm³/mol. The number of methoxy groups -OCH3 is 1. The fourth-order valence-electron chi connectivity index (χ4n) is 3.54. The van der Waals surface area contributed by atoms with Gasteiger partial charge in [0.25, 0.3) is 11.6 Å². The molecule has 1 aromatic heterocycles. The summed E-state index contributed by atoms with van der Waals surface area (Å²) in [6, 6.07) is 8.27. The molecule has 4 rings (SSSR count). The second-order valence-electron chi connectivity index (χ2n) is 6.56. The van der Waals surface area contributed by atoms with Crippen LogP contribution >= 0.6 is 0 Å². The van der Waals surface area contributed by atoms with Gasteiger partial charge in [-0.25, -0.2) is 4.39 Å². The Hall–Kier alpha value is -3.59. The van der Waals surface area contributed by atoms with E-state index in [0.29, 0.717) is 5.56 Å². The monoisotopic (exact) mass is 398 g/mol. The van der Waals surface area contributed by atoms with Crippen LogP contribution in [-0.4, -0.2) is 36.0 Å². The Morgan fingerprint density at radius 1 is 1.21 bits per heavy atom. The van der Waals surface area contributed by atoms with E-state index in [-0.39, 0.29) is 41.1 Å². The average molecular weight is 398 g/mol. The highest BCUT2D eigenvalue weighted by Gasteiger charge is 2.42. The Labute approximate surface area is 163 Å². The maximum Gasteiger partial charge on any atom is 0.290 e. The van der Waals surface area contributed by atoms with E-state index >= 15 is 0 Å². The van der Waals surface area contributed by atoms with Crippen LogP contribution in [0.25, 0.3) is 11.0 Å². The summed E-state index contributed by atoms with van der Waals surface area (Å²) in [5.41, 5.74) is 0.0613. The standard InChI is InChI=1S/C20H15FN2O6/c1-28-9-8-22-17(11-2-5-13(6-3-11)23(26)27)16-18(24)14-10-12(21)4-7-15(14)29-19(16)20(22)25/h2-7,10,17H,8-9H2,1H3/t17-/m0/s1. The van der Waals surface area contributed by atoms with Gasteiger partial charge in [0.2, 0.25) is 5.76 Å². The summed E-state index contributed by atoms with van der Waals surface area (Å²) in [7, 11) is 1.48. The quantitative estimate of drug-likeness (QED) is 0.483. The molecule has 0 saturated heterocycles. The maximum atomic E-state index is 13.7. The Balaban J connectivity index is 1.93. The Kier molecular flexibility index (Phi) is 4.59. The molecule has 2 heterocycles. The molecule has 0 radical (unpaired) electrons. The van der Waals surface area contributed by atoms with Gasteiger partial charge >= 0.3 is 0 Å². The van der Waals surface area contributed by atoms with Gasteiger partial charge in [0.1, 0.15) is 11.4 Å². The molecule has 8 nitrogen and oxygen atoms in total. The minimum Gasteiger partial charge on any atom is -0.450 e. The van der Waals surface area contributed by atoms with Gasteiger partial charge in [0, 0.05) is 25.8 Å². The van der Waals surface area contributed by atoms with Crippen molar-refractivity contribution in [1.82, 2.24) is 4.90 Å². The first-order valence-electron chi connectivity index (χ1n) is 8.73. The topological polar surface area (TPSA) is 103 Å². The van der Waals surface area contributed by atoms with E-state index in [2.05, 4.69) is 0 Å². The molecule has 0 unspecified atom stereocenters. The molecule has 0 aliphatic carbocycles. The first-order chi connectivity index (χ1) is 13.9. The molecule has 29 heavy (non-hydrogen) atoms. The Morgan fingerprint density at radius 2 is 1.93 bits per heavy atom. The van der Waals surface area contributed by atoms with E-state index in [1.807, 2.05) is 0 Å². The van der Waals surface area contributed by atoms with Gasteiger partial charge in [-0.15, -0.1) is 0 Å². The summed E-state index contributed by atoms with van der Waals surface area (Å²) >= 11 is 0. The largest absolute Gasteiger partial charge is 0.450 e. The third kappa shape index (κ3) is 3.05. The first kappa shape index (κ1) is 18.8. The molecule has 0 saturated carbocycles. The molecular weight excluding hydrogens is 383 g/mol. The molecule has 3 aromatic rings. The van der Waals surface area contributed by atoms with Crippen LogP contribution in [0.5, 0.6) is 0 Å². The summed E-state index contributed by atoms with van der Waals surface area (Å²) in [6.45, 7) is 0.386. The van der Waals surface area contributed by atoms with Gasteiger partial charge in [-0.3, -0.25) is 19.7 Å².